The van der Waals surface area contributed by atoms with Crippen molar-refractivity contribution in [3.63, 3.8) is 0 Å². The minimum atomic E-state index is 0.395. The second-order valence-electron chi connectivity index (χ2n) is 4.42. The fraction of sp³-hybridized carbons (Fsp3) is 0.200. The van der Waals surface area contributed by atoms with Crippen molar-refractivity contribution in [1.29, 1.82) is 5.26 Å². The average molecular weight is 253 g/mol. The van der Waals surface area contributed by atoms with Crippen LogP contribution in [0.15, 0.2) is 30.5 Å². The summed E-state index contributed by atoms with van der Waals surface area (Å²) in [4.78, 5) is 3.92. The van der Waals surface area contributed by atoms with Crippen LogP contribution in [-0.2, 0) is 6.61 Å². The van der Waals surface area contributed by atoms with Crippen LogP contribution in [0, 0.1) is 25.2 Å². The molecule has 0 amide bonds. The molecule has 0 saturated heterocycles. The predicted molar refractivity (Wildman–Crippen MR) is 73.6 cm³/mol. The van der Waals surface area contributed by atoms with Gasteiger partial charge >= 0.3 is 0 Å². The van der Waals surface area contributed by atoms with Crippen molar-refractivity contribution in [3.05, 3.63) is 52.8 Å². The van der Waals surface area contributed by atoms with Gasteiger partial charge in [-0.25, -0.2) is 4.98 Å². The Morgan fingerprint density at radius 2 is 2.05 bits per heavy atom. The molecule has 1 heterocycles. The smallest absolute Gasteiger partial charge is 0.140 e. The average Bonchev–Trinajstić information content (AvgIpc) is 2.41. The first-order valence-corrected chi connectivity index (χ1v) is 5.94. The second-order valence-corrected chi connectivity index (χ2v) is 4.42. The van der Waals surface area contributed by atoms with E-state index in [-0.39, 0.29) is 0 Å². The van der Waals surface area contributed by atoms with Crippen molar-refractivity contribution >= 4 is 5.69 Å². The lowest BCUT2D eigenvalue weighted by Gasteiger charge is -2.11. The maximum absolute atomic E-state index is 8.79. The molecule has 2 aromatic rings. The van der Waals surface area contributed by atoms with Crippen LogP contribution < -0.4 is 10.5 Å². The number of ether oxygens (including phenoxy) is 1. The minimum absolute atomic E-state index is 0.395. The molecule has 1 aromatic carbocycles. The van der Waals surface area contributed by atoms with Crippen LogP contribution in [0.5, 0.6) is 5.75 Å². The molecule has 4 nitrogen and oxygen atoms in total. The highest BCUT2D eigenvalue weighted by Crippen LogP contribution is 2.25. The van der Waals surface area contributed by atoms with Crippen LogP contribution in [0.1, 0.15) is 22.4 Å². The first-order chi connectivity index (χ1) is 9.10. The summed E-state index contributed by atoms with van der Waals surface area (Å²) in [6, 6.07) is 9.39. The molecular formula is C15H15N3O. The van der Waals surface area contributed by atoms with Crippen LogP contribution in [-0.4, -0.2) is 4.98 Å². The Bertz CT molecular complexity index is 644. The van der Waals surface area contributed by atoms with Crippen LogP contribution >= 0.6 is 0 Å². The van der Waals surface area contributed by atoms with E-state index in [2.05, 4.69) is 4.98 Å². The van der Waals surface area contributed by atoms with Crippen LogP contribution in [0.3, 0.4) is 0 Å². The summed E-state index contributed by atoms with van der Waals surface area (Å²) in [6.45, 7) is 4.31. The van der Waals surface area contributed by atoms with E-state index in [0.29, 0.717) is 12.3 Å². The monoisotopic (exact) mass is 253 g/mol. The number of pyridine rings is 1. The van der Waals surface area contributed by atoms with E-state index in [1.165, 1.54) is 0 Å². The Morgan fingerprint density at radius 3 is 2.79 bits per heavy atom. The summed E-state index contributed by atoms with van der Waals surface area (Å²) in [6.07, 6.45) is 1.61. The third-order valence-corrected chi connectivity index (χ3v) is 2.90. The molecule has 0 spiro atoms. The summed E-state index contributed by atoms with van der Waals surface area (Å²) in [7, 11) is 0. The molecule has 0 saturated carbocycles. The van der Waals surface area contributed by atoms with Gasteiger partial charge < -0.3 is 10.5 Å². The summed E-state index contributed by atoms with van der Waals surface area (Å²) < 4.78 is 5.77. The number of aryl methyl sites for hydroxylation is 2. The topological polar surface area (TPSA) is 71.9 Å². The van der Waals surface area contributed by atoms with Gasteiger partial charge in [-0.1, -0.05) is 0 Å². The summed E-state index contributed by atoms with van der Waals surface area (Å²) >= 11 is 0. The van der Waals surface area contributed by atoms with Crippen molar-refractivity contribution in [2.45, 2.75) is 20.5 Å². The van der Waals surface area contributed by atoms with E-state index >= 15 is 0 Å². The number of nitrogens with two attached hydrogens (primary N) is 1. The molecule has 0 bridgehead atoms. The van der Waals surface area contributed by atoms with Gasteiger partial charge in [-0.15, -0.1) is 0 Å². The minimum Gasteiger partial charge on any atom is -0.489 e. The van der Waals surface area contributed by atoms with Crippen molar-refractivity contribution < 1.29 is 4.74 Å². The van der Waals surface area contributed by atoms with Gasteiger partial charge in [0.05, 0.1) is 0 Å². The highest BCUT2D eigenvalue weighted by Gasteiger charge is 2.04. The van der Waals surface area contributed by atoms with Crippen molar-refractivity contribution in [2.24, 2.45) is 0 Å². The molecule has 0 atom stereocenters. The number of hydrogen-bond donors (Lipinski definition) is 1. The first-order valence-electron chi connectivity index (χ1n) is 5.94. The lowest BCUT2D eigenvalue weighted by atomic mass is 10.1. The first kappa shape index (κ1) is 12.9. The van der Waals surface area contributed by atoms with E-state index in [1.54, 1.807) is 12.3 Å². The fourth-order valence-corrected chi connectivity index (χ4v) is 1.75. The second kappa shape index (κ2) is 5.40. The molecule has 1 aromatic heterocycles. The Labute approximate surface area is 112 Å². The number of nitrogens with zero attached hydrogens (tertiary/aromatic N) is 2. The molecule has 2 rings (SSSR count). The quantitative estimate of drug-likeness (QED) is 0.854. The zero-order valence-corrected chi connectivity index (χ0v) is 11.0. The number of nitriles is 1. The van der Waals surface area contributed by atoms with Crippen LogP contribution in [0.25, 0.3) is 0 Å². The lowest BCUT2D eigenvalue weighted by Crippen LogP contribution is -2.00. The zero-order valence-electron chi connectivity index (χ0n) is 11.0. The number of rotatable bonds is 3. The molecule has 0 aliphatic rings. The molecule has 96 valence electrons. The van der Waals surface area contributed by atoms with Crippen molar-refractivity contribution in [2.75, 3.05) is 5.73 Å². The Balaban J connectivity index is 2.14. The molecule has 0 unspecified atom stereocenters. The largest absolute Gasteiger partial charge is 0.489 e. The van der Waals surface area contributed by atoms with E-state index in [1.807, 2.05) is 38.1 Å². The summed E-state index contributed by atoms with van der Waals surface area (Å²) in [5, 5.41) is 8.79. The summed E-state index contributed by atoms with van der Waals surface area (Å²) in [5.41, 5.74) is 9.90. The molecule has 4 heteroatoms. The maximum Gasteiger partial charge on any atom is 0.140 e. The molecule has 0 aliphatic carbocycles. The third-order valence-electron chi connectivity index (χ3n) is 2.90. The molecule has 19 heavy (non-hydrogen) atoms. The predicted octanol–water partition coefficient (Wildman–Crippen LogP) is 2.73. The van der Waals surface area contributed by atoms with Crippen LogP contribution in [0.4, 0.5) is 5.69 Å². The zero-order chi connectivity index (χ0) is 13.8. The van der Waals surface area contributed by atoms with Crippen molar-refractivity contribution in [1.82, 2.24) is 4.98 Å². The van der Waals surface area contributed by atoms with Crippen LogP contribution in [0.2, 0.25) is 0 Å². The molecule has 2 N–H and O–H groups in total. The number of anilines is 1. The standard InChI is InChI=1S/C15H15N3O/c1-10-6-15(11(2)5-14(10)17)19-9-12-3-4-18-13(7-12)8-16/h3-7H,9,17H2,1-2H3. The molecule has 0 radical (unpaired) electrons. The Kier molecular flexibility index (Phi) is 3.67. The van der Waals surface area contributed by atoms with Gasteiger partial charge in [-0.2, -0.15) is 5.26 Å². The maximum atomic E-state index is 8.79. The highest BCUT2D eigenvalue weighted by atomic mass is 16.5. The third kappa shape index (κ3) is 3.02. The van der Waals surface area contributed by atoms with Gasteiger partial charge in [0.1, 0.15) is 24.1 Å². The van der Waals surface area contributed by atoms with Gasteiger partial charge in [0.2, 0.25) is 0 Å². The molecule has 0 fully saturated rings. The van der Waals surface area contributed by atoms with E-state index in [9.17, 15) is 0 Å². The Hall–Kier alpha value is -2.54. The number of nitrogen functional groups attached to an aromatic ring is 1. The highest BCUT2D eigenvalue weighted by molar-refractivity contribution is 5.53. The Morgan fingerprint density at radius 1 is 1.26 bits per heavy atom. The SMILES string of the molecule is Cc1cc(OCc2ccnc(C#N)c2)c(C)cc1N. The van der Waals surface area contributed by atoms with E-state index < -0.39 is 0 Å². The van der Waals surface area contributed by atoms with E-state index in [4.69, 9.17) is 15.7 Å². The van der Waals surface area contributed by atoms with Gasteiger partial charge in [0.25, 0.3) is 0 Å². The normalized spacial score (nSPS) is 9.95. The van der Waals surface area contributed by atoms with Crippen molar-refractivity contribution in [3.8, 4) is 11.8 Å². The molecular weight excluding hydrogens is 238 g/mol. The van der Waals surface area contributed by atoms with Gasteiger partial charge in [0.15, 0.2) is 0 Å². The van der Waals surface area contributed by atoms with Gasteiger partial charge in [0, 0.05) is 11.9 Å². The summed E-state index contributed by atoms with van der Waals surface area (Å²) in [5.74, 6) is 0.807. The number of hydrogen-bond acceptors (Lipinski definition) is 4. The fourth-order valence-electron chi connectivity index (χ4n) is 1.75. The lowest BCUT2D eigenvalue weighted by molar-refractivity contribution is 0.304. The van der Waals surface area contributed by atoms with E-state index in [0.717, 1.165) is 28.1 Å². The number of aromatic nitrogens is 1. The number of benzene rings is 1. The molecule has 0 aliphatic heterocycles. The van der Waals surface area contributed by atoms with Gasteiger partial charge in [-0.3, -0.25) is 0 Å². The van der Waals surface area contributed by atoms with Gasteiger partial charge in [-0.05, 0) is 54.8 Å².